The lowest BCUT2D eigenvalue weighted by Crippen LogP contribution is -2.59. The molecule has 0 N–H and O–H groups in total. The maximum absolute atomic E-state index is 14.2. The molecule has 2 aliphatic carbocycles. The molecular formula is C74H90BBrF6N12O4. The van der Waals surface area contributed by atoms with Gasteiger partial charge in [-0.2, -0.15) is 36.5 Å². The van der Waals surface area contributed by atoms with Crippen molar-refractivity contribution in [1.29, 1.82) is 0 Å². The topological polar surface area (TPSA) is 113 Å². The fourth-order valence-corrected chi connectivity index (χ4v) is 13.9. The van der Waals surface area contributed by atoms with E-state index in [1.54, 1.807) is 42.6 Å². The molecule has 522 valence electrons. The summed E-state index contributed by atoms with van der Waals surface area (Å²) in [6.07, 6.45) is 3.14. The number of amides is 2. The molecule has 98 heavy (non-hydrogen) atoms. The van der Waals surface area contributed by atoms with Crippen LogP contribution in [-0.2, 0) is 32.0 Å². The first kappa shape index (κ1) is 71.6. The fraction of sp³-hybridized carbons (Fsp3) is 0.459. The van der Waals surface area contributed by atoms with E-state index >= 15 is 0 Å². The van der Waals surface area contributed by atoms with Gasteiger partial charge < -0.3 is 38.7 Å². The van der Waals surface area contributed by atoms with Gasteiger partial charge in [0.05, 0.1) is 33.6 Å². The number of carbonyl (C=O) groups is 2. The van der Waals surface area contributed by atoms with Crippen molar-refractivity contribution in [2.24, 2.45) is 11.8 Å². The lowest BCUT2D eigenvalue weighted by atomic mass is 9.81. The number of piperazine rings is 4. The molecule has 2 atom stereocenters. The van der Waals surface area contributed by atoms with Crippen molar-refractivity contribution in [2.75, 3.05) is 111 Å². The summed E-state index contributed by atoms with van der Waals surface area (Å²) in [6, 6.07) is 38.9. The van der Waals surface area contributed by atoms with Crippen LogP contribution < -0.4 is 25.1 Å². The predicted octanol–water partition coefficient (Wildman–Crippen LogP) is 13.0. The zero-order chi connectivity index (χ0) is 67.1. The van der Waals surface area contributed by atoms with Gasteiger partial charge in [-0.25, -0.2) is 9.03 Å². The van der Waals surface area contributed by atoms with E-state index in [1.165, 1.54) is 9.80 Å². The lowest BCUT2D eigenvalue weighted by Gasteiger charge is -2.43. The normalized spacial score (nSPS) is 20.7. The number of carbonyl (C=O) groups excluding carboxylic acids is 2. The number of hydrogen-bond acceptors (Lipinski definition) is 12. The highest BCUT2D eigenvalue weighted by Crippen LogP contribution is 2.40. The molecular weight excluding hydrogens is 1330 g/mol. The first-order valence-corrected chi connectivity index (χ1v) is 34.2. The van der Waals surface area contributed by atoms with E-state index in [0.717, 1.165) is 133 Å². The molecule has 24 heteroatoms. The van der Waals surface area contributed by atoms with Crippen LogP contribution in [-0.4, -0.2) is 185 Å². The third kappa shape index (κ3) is 16.3. The van der Waals surface area contributed by atoms with Gasteiger partial charge in [-0.1, -0.05) is 104 Å². The van der Waals surface area contributed by atoms with E-state index in [-0.39, 0.29) is 45.1 Å². The summed E-state index contributed by atoms with van der Waals surface area (Å²) in [6.45, 7) is 17.3. The van der Waals surface area contributed by atoms with Crippen molar-refractivity contribution in [1.82, 2.24) is 38.8 Å². The Morgan fingerprint density at radius 3 is 1.34 bits per heavy atom. The molecule has 4 aromatic carbocycles. The molecule has 0 radical (unpaired) electrons. The Morgan fingerprint density at radius 2 is 0.918 bits per heavy atom. The predicted molar refractivity (Wildman–Crippen MR) is 380 cm³/mol. The Hall–Kier alpha value is -7.64. The second-order valence-corrected chi connectivity index (χ2v) is 28.2. The molecule has 16 nitrogen and oxygen atoms in total. The van der Waals surface area contributed by atoms with E-state index in [9.17, 15) is 35.9 Å². The summed E-state index contributed by atoms with van der Waals surface area (Å²) in [5.41, 5.74) is 9.57. The van der Waals surface area contributed by atoms with E-state index in [1.807, 2.05) is 126 Å². The molecule has 7 aliphatic rings. The van der Waals surface area contributed by atoms with Crippen molar-refractivity contribution in [3.63, 3.8) is 0 Å². The average molecular weight is 1420 g/mol. The number of rotatable bonds is 12. The van der Waals surface area contributed by atoms with Gasteiger partial charge in [0, 0.05) is 168 Å². The Balaban J connectivity index is 0.000000155. The summed E-state index contributed by atoms with van der Waals surface area (Å²) < 4.78 is 101. The van der Waals surface area contributed by atoms with Gasteiger partial charge in [-0.3, -0.25) is 19.4 Å². The number of alkyl halides is 6. The van der Waals surface area contributed by atoms with Gasteiger partial charge in [0.1, 0.15) is 12.1 Å². The van der Waals surface area contributed by atoms with E-state index in [4.69, 9.17) is 9.31 Å². The number of benzene rings is 4. The molecule has 7 fully saturated rings. The molecule has 9 heterocycles. The van der Waals surface area contributed by atoms with Crippen LogP contribution in [0.2, 0.25) is 0 Å². The summed E-state index contributed by atoms with van der Waals surface area (Å²) in [7, 11) is -0.400. The minimum atomic E-state index is -4.34. The summed E-state index contributed by atoms with van der Waals surface area (Å²) in [4.78, 5) is 40.2. The molecule has 0 spiro atoms. The minimum absolute atomic E-state index is 0. The third-order valence-corrected chi connectivity index (χ3v) is 20.6. The fourth-order valence-electron chi connectivity index (χ4n) is 13.6. The van der Waals surface area contributed by atoms with Gasteiger partial charge in [0.25, 0.3) is 0 Å². The molecule has 2 unspecified atom stereocenters. The summed E-state index contributed by atoms with van der Waals surface area (Å²) in [5, 5.41) is 9.00. The SMILES string of the molecule is C.C.CC1(C)OB(c2cc3c(N4CCN(C(=O)C5CC5)CC4)ccnn3c2)OC1(C)C.FC(F)(F)C1CN(Cc2ccccc2)CCN1c1ccc(Br)cc1.O=C(C1CC1)N1CCN(c2ccnn3cc(-c4ccc(N5CCN(Cc6ccccc6)CC5C(F)(F)F)cc4)cc23)CC1. The highest BCUT2D eigenvalue weighted by Gasteiger charge is 2.53. The van der Waals surface area contributed by atoms with E-state index in [2.05, 4.69) is 81.8 Å². The van der Waals surface area contributed by atoms with Crippen LogP contribution in [0.4, 0.5) is 49.1 Å². The summed E-state index contributed by atoms with van der Waals surface area (Å²) in [5.74, 6) is 1.17. The van der Waals surface area contributed by atoms with Crippen molar-refractivity contribution in [3.05, 3.63) is 174 Å². The molecule has 15 rings (SSSR count). The number of aromatic nitrogens is 4. The van der Waals surface area contributed by atoms with Crippen LogP contribution in [0.1, 0.15) is 79.4 Å². The molecule has 2 saturated carbocycles. The maximum atomic E-state index is 14.2. The molecule has 0 bridgehead atoms. The highest BCUT2D eigenvalue weighted by atomic mass is 79.9. The Morgan fingerprint density at radius 1 is 0.510 bits per heavy atom. The second-order valence-electron chi connectivity index (χ2n) is 27.3. The monoisotopic (exact) mass is 1410 g/mol. The van der Waals surface area contributed by atoms with Crippen LogP contribution in [0, 0.1) is 11.8 Å². The zero-order valence-electron chi connectivity index (χ0n) is 54.7. The summed E-state index contributed by atoms with van der Waals surface area (Å²) >= 11 is 3.32. The van der Waals surface area contributed by atoms with Gasteiger partial charge in [0.15, 0.2) is 0 Å². The molecule has 2 amide bonds. The number of anilines is 4. The van der Waals surface area contributed by atoms with Crippen LogP contribution in [0.5, 0.6) is 0 Å². The number of fused-ring (bicyclic) bond motifs is 2. The van der Waals surface area contributed by atoms with Crippen LogP contribution in [0.3, 0.4) is 0 Å². The first-order chi connectivity index (χ1) is 46.0. The van der Waals surface area contributed by atoms with Crippen molar-refractivity contribution < 1.29 is 45.2 Å². The quantitative estimate of drug-likeness (QED) is 0.0857. The Labute approximate surface area is 580 Å². The van der Waals surface area contributed by atoms with Gasteiger partial charge >= 0.3 is 19.5 Å². The Bertz CT molecular complexity index is 3950. The van der Waals surface area contributed by atoms with Gasteiger partial charge in [-0.05, 0) is 131 Å². The molecule has 8 aromatic rings. The van der Waals surface area contributed by atoms with Crippen LogP contribution >= 0.6 is 15.9 Å². The van der Waals surface area contributed by atoms with Gasteiger partial charge in [0.2, 0.25) is 11.8 Å². The lowest BCUT2D eigenvalue weighted by molar-refractivity contribution is -0.157. The van der Waals surface area contributed by atoms with Crippen molar-refractivity contribution in [2.45, 2.75) is 117 Å². The standard InChI is InChI=1S/C33H35F3N6O.C21H29BN4O3.C18H18BrF3N2.2CH4/c34-33(35,36)31-23-38(21-24-4-2-1-3-5-24)14-19-41(31)28-10-8-25(9-11-28)27-20-30-29(12-13-37-42(30)22-27)39-15-17-40(18-16-39)32(43)26-6-7-26;1-20(2)21(3,4)29-22(28-20)16-13-18-17(7-8-23-26(18)14-16)24-9-11-25(12-10-24)19(27)15-5-6-15;19-15-6-8-16(9-7-15)24-11-10-23(13-17(24)18(20,21)22)12-14-4-2-1-3-5-14;;/h1-5,8-13,20,22,26,31H,6-7,14-19,21,23H2;7-8,13-15H,5-6,9-12H2,1-4H3;1-9,17H,10-13H2;2*1H4. The van der Waals surface area contributed by atoms with Gasteiger partial charge in [-0.15, -0.1) is 0 Å². The smallest absolute Gasteiger partial charge is 0.399 e. The van der Waals surface area contributed by atoms with Crippen LogP contribution in [0.25, 0.3) is 22.2 Å². The number of halogens is 7. The Kier molecular flexibility index (Phi) is 21.7. The minimum Gasteiger partial charge on any atom is -0.399 e. The molecule has 5 saturated heterocycles. The molecule has 5 aliphatic heterocycles. The largest absolute Gasteiger partial charge is 0.496 e. The highest BCUT2D eigenvalue weighted by molar-refractivity contribution is 9.10. The zero-order valence-corrected chi connectivity index (χ0v) is 56.3. The average Bonchev–Trinajstić information content (AvgIpc) is 1.60. The van der Waals surface area contributed by atoms with Crippen molar-refractivity contribution >= 4 is 74.1 Å². The van der Waals surface area contributed by atoms with Crippen molar-refractivity contribution in [3.8, 4) is 11.1 Å². The molecule has 4 aromatic heterocycles. The number of hydrogen-bond donors (Lipinski definition) is 0. The van der Waals surface area contributed by atoms with Crippen LogP contribution in [0.15, 0.2) is 163 Å². The second kappa shape index (κ2) is 29.7. The number of nitrogens with zero attached hydrogens (tertiary/aromatic N) is 12. The van der Waals surface area contributed by atoms with E-state index < -0.39 is 31.6 Å². The third-order valence-electron chi connectivity index (χ3n) is 20.1. The first-order valence-electron chi connectivity index (χ1n) is 33.4. The maximum Gasteiger partial charge on any atom is 0.496 e. The van der Waals surface area contributed by atoms with E-state index in [0.29, 0.717) is 68.4 Å².